The molecule has 0 rings (SSSR count). The van der Waals surface area contributed by atoms with Crippen molar-refractivity contribution in [2.75, 3.05) is 19.7 Å². The van der Waals surface area contributed by atoms with Crippen molar-refractivity contribution in [2.45, 2.75) is 47.0 Å². The van der Waals surface area contributed by atoms with Gasteiger partial charge in [-0.15, -0.1) is 0 Å². The van der Waals surface area contributed by atoms with Crippen molar-refractivity contribution in [3.8, 4) is 0 Å². The van der Waals surface area contributed by atoms with Gasteiger partial charge >= 0.3 is 5.97 Å². The molecule has 0 saturated carbocycles. The van der Waals surface area contributed by atoms with Gasteiger partial charge in [0.25, 0.3) is 0 Å². The van der Waals surface area contributed by atoms with Gasteiger partial charge in [0.05, 0.1) is 12.5 Å². The molecule has 0 fully saturated rings. The fourth-order valence-electron chi connectivity index (χ4n) is 1.62. The predicted octanol–water partition coefficient (Wildman–Crippen LogP) is 2.22. The van der Waals surface area contributed by atoms with Crippen LogP contribution in [0.1, 0.15) is 47.0 Å². The maximum atomic E-state index is 11.6. The van der Waals surface area contributed by atoms with Gasteiger partial charge in [-0.3, -0.25) is 9.59 Å². The SMILES string of the molecule is CCCCN(CC(CC)C(=O)OCC)C(C)=O. The highest BCUT2D eigenvalue weighted by Crippen LogP contribution is 2.09. The monoisotopic (exact) mass is 243 g/mol. The molecule has 0 heterocycles. The Balaban J connectivity index is 4.37. The molecule has 0 radical (unpaired) electrons. The molecule has 0 aliphatic rings. The summed E-state index contributed by atoms with van der Waals surface area (Å²) in [6.45, 7) is 8.97. The van der Waals surface area contributed by atoms with Crippen LogP contribution < -0.4 is 0 Å². The Kier molecular flexibility index (Phi) is 8.46. The second-order valence-corrected chi connectivity index (χ2v) is 4.18. The number of esters is 1. The number of carbonyl (C=O) groups is 2. The summed E-state index contributed by atoms with van der Waals surface area (Å²) in [5.74, 6) is -0.366. The van der Waals surface area contributed by atoms with Gasteiger partial charge in [0.2, 0.25) is 5.91 Å². The average Bonchev–Trinajstić information content (AvgIpc) is 2.29. The number of ether oxygens (including phenoxy) is 1. The standard InChI is InChI=1S/C13H25NO3/c1-5-8-9-14(11(4)15)10-12(6-2)13(16)17-7-3/h12H,5-10H2,1-4H3. The molecule has 4 heteroatoms. The zero-order valence-corrected chi connectivity index (χ0v) is 11.5. The lowest BCUT2D eigenvalue weighted by Gasteiger charge is -2.25. The largest absolute Gasteiger partial charge is 0.466 e. The Labute approximate surface area is 104 Å². The van der Waals surface area contributed by atoms with Gasteiger partial charge in [0, 0.05) is 20.0 Å². The lowest BCUT2D eigenvalue weighted by molar-refractivity contribution is -0.149. The molecule has 0 aliphatic heterocycles. The van der Waals surface area contributed by atoms with Gasteiger partial charge < -0.3 is 9.64 Å². The molecule has 0 aromatic carbocycles. The van der Waals surface area contributed by atoms with Crippen molar-refractivity contribution in [2.24, 2.45) is 5.92 Å². The van der Waals surface area contributed by atoms with Crippen molar-refractivity contribution in [1.82, 2.24) is 4.90 Å². The maximum Gasteiger partial charge on any atom is 0.310 e. The summed E-state index contributed by atoms with van der Waals surface area (Å²) in [5, 5.41) is 0. The van der Waals surface area contributed by atoms with Gasteiger partial charge in [0.15, 0.2) is 0 Å². The van der Waals surface area contributed by atoms with E-state index in [0.717, 1.165) is 19.4 Å². The maximum absolute atomic E-state index is 11.6. The quantitative estimate of drug-likeness (QED) is 0.614. The minimum atomic E-state index is -0.198. The van der Waals surface area contributed by atoms with Crippen LogP contribution in [0.15, 0.2) is 0 Å². The lowest BCUT2D eigenvalue weighted by atomic mass is 10.1. The van der Waals surface area contributed by atoms with E-state index in [0.29, 0.717) is 19.6 Å². The molecule has 0 aliphatic carbocycles. The Morgan fingerprint density at radius 2 is 1.88 bits per heavy atom. The van der Waals surface area contributed by atoms with E-state index in [4.69, 9.17) is 4.74 Å². The number of rotatable bonds is 8. The molecule has 0 bridgehead atoms. The Morgan fingerprint density at radius 1 is 1.24 bits per heavy atom. The summed E-state index contributed by atoms with van der Waals surface area (Å²) in [6, 6.07) is 0. The van der Waals surface area contributed by atoms with E-state index >= 15 is 0 Å². The van der Waals surface area contributed by atoms with E-state index in [2.05, 4.69) is 6.92 Å². The fourth-order valence-corrected chi connectivity index (χ4v) is 1.62. The predicted molar refractivity (Wildman–Crippen MR) is 67.6 cm³/mol. The Bertz CT molecular complexity index is 241. The van der Waals surface area contributed by atoms with E-state index in [9.17, 15) is 9.59 Å². The van der Waals surface area contributed by atoms with Crippen LogP contribution in [0.25, 0.3) is 0 Å². The second-order valence-electron chi connectivity index (χ2n) is 4.18. The van der Waals surface area contributed by atoms with Crippen molar-refractivity contribution < 1.29 is 14.3 Å². The van der Waals surface area contributed by atoms with Crippen LogP contribution in [0.2, 0.25) is 0 Å². The van der Waals surface area contributed by atoms with Crippen molar-refractivity contribution in [1.29, 1.82) is 0 Å². The molecular formula is C13H25NO3. The smallest absolute Gasteiger partial charge is 0.310 e. The summed E-state index contributed by atoms with van der Waals surface area (Å²) in [6.07, 6.45) is 2.72. The number of hydrogen-bond acceptors (Lipinski definition) is 3. The normalized spacial score (nSPS) is 12.0. The number of nitrogens with zero attached hydrogens (tertiary/aromatic N) is 1. The summed E-state index contributed by atoms with van der Waals surface area (Å²) in [7, 11) is 0. The van der Waals surface area contributed by atoms with Crippen LogP contribution in [0.5, 0.6) is 0 Å². The molecule has 0 N–H and O–H groups in total. The topological polar surface area (TPSA) is 46.6 Å². The molecule has 1 amide bonds. The third-order valence-electron chi connectivity index (χ3n) is 2.78. The highest BCUT2D eigenvalue weighted by molar-refractivity contribution is 5.76. The van der Waals surface area contributed by atoms with Crippen LogP contribution >= 0.6 is 0 Å². The van der Waals surface area contributed by atoms with Crippen molar-refractivity contribution in [3.63, 3.8) is 0 Å². The van der Waals surface area contributed by atoms with Gasteiger partial charge in [-0.25, -0.2) is 0 Å². The second kappa shape index (κ2) is 9.02. The van der Waals surface area contributed by atoms with Crippen LogP contribution in [-0.2, 0) is 14.3 Å². The first-order valence-electron chi connectivity index (χ1n) is 6.48. The van der Waals surface area contributed by atoms with Gasteiger partial charge in [0.1, 0.15) is 0 Å². The van der Waals surface area contributed by atoms with Crippen LogP contribution in [0.3, 0.4) is 0 Å². The number of hydrogen-bond donors (Lipinski definition) is 0. The molecule has 1 atom stereocenters. The summed E-state index contributed by atoms with van der Waals surface area (Å²) in [4.78, 5) is 24.8. The van der Waals surface area contributed by atoms with Gasteiger partial charge in [-0.2, -0.15) is 0 Å². The molecule has 0 spiro atoms. The van der Waals surface area contributed by atoms with E-state index in [1.165, 1.54) is 0 Å². The van der Waals surface area contributed by atoms with Crippen LogP contribution in [0, 0.1) is 5.92 Å². The van der Waals surface area contributed by atoms with Crippen molar-refractivity contribution >= 4 is 11.9 Å². The number of carbonyl (C=O) groups excluding carboxylic acids is 2. The summed E-state index contributed by atoms with van der Waals surface area (Å²) >= 11 is 0. The Hall–Kier alpha value is -1.06. The molecule has 1 unspecified atom stereocenters. The first kappa shape index (κ1) is 15.9. The molecule has 0 aromatic heterocycles. The van der Waals surface area contributed by atoms with E-state index in [-0.39, 0.29) is 17.8 Å². The van der Waals surface area contributed by atoms with Gasteiger partial charge in [-0.1, -0.05) is 20.3 Å². The third kappa shape index (κ3) is 6.29. The number of unbranched alkanes of at least 4 members (excludes halogenated alkanes) is 1. The van der Waals surface area contributed by atoms with Crippen LogP contribution in [-0.4, -0.2) is 36.5 Å². The Morgan fingerprint density at radius 3 is 2.29 bits per heavy atom. The zero-order chi connectivity index (χ0) is 13.3. The van der Waals surface area contributed by atoms with Gasteiger partial charge in [-0.05, 0) is 19.8 Å². The third-order valence-corrected chi connectivity index (χ3v) is 2.78. The minimum absolute atomic E-state index is 0.0289. The van der Waals surface area contributed by atoms with E-state index in [1.807, 2.05) is 6.92 Å². The lowest BCUT2D eigenvalue weighted by Crippen LogP contribution is -2.37. The summed E-state index contributed by atoms with van der Waals surface area (Å²) in [5.41, 5.74) is 0. The zero-order valence-electron chi connectivity index (χ0n) is 11.5. The fraction of sp³-hybridized carbons (Fsp3) is 0.846. The summed E-state index contributed by atoms with van der Waals surface area (Å²) < 4.78 is 5.00. The average molecular weight is 243 g/mol. The first-order valence-corrected chi connectivity index (χ1v) is 6.48. The van der Waals surface area contributed by atoms with E-state index < -0.39 is 0 Å². The van der Waals surface area contributed by atoms with Crippen LogP contribution in [0.4, 0.5) is 0 Å². The highest BCUT2D eigenvalue weighted by Gasteiger charge is 2.22. The highest BCUT2D eigenvalue weighted by atomic mass is 16.5. The molecule has 100 valence electrons. The molecule has 4 nitrogen and oxygen atoms in total. The van der Waals surface area contributed by atoms with E-state index in [1.54, 1.807) is 18.7 Å². The number of amides is 1. The molecule has 0 aromatic rings. The molecule has 17 heavy (non-hydrogen) atoms. The molecular weight excluding hydrogens is 218 g/mol. The minimum Gasteiger partial charge on any atom is -0.466 e. The first-order chi connectivity index (χ1) is 8.06. The van der Waals surface area contributed by atoms with Crippen molar-refractivity contribution in [3.05, 3.63) is 0 Å². The molecule has 0 saturated heterocycles.